The van der Waals surface area contributed by atoms with Crippen LogP contribution in [0.5, 0.6) is 0 Å². The molecule has 0 fully saturated rings. The Morgan fingerprint density at radius 3 is 2.59 bits per heavy atom. The number of hydrogen-bond acceptors (Lipinski definition) is 5. The highest BCUT2D eigenvalue weighted by atomic mass is 32.2. The lowest BCUT2D eigenvalue weighted by molar-refractivity contribution is -0.137. The van der Waals surface area contributed by atoms with E-state index in [1.54, 1.807) is 6.07 Å². The average Bonchev–Trinajstić information content (AvgIpc) is 2.97. The number of hydrogen-bond donors (Lipinski definition) is 0. The molecular formula is C17H13F3N4O2S. The lowest BCUT2D eigenvalue weighted by Gasteiger charge is -2.09. The molecule has 0 aliphatic rings. The molecule has 2 aromatic heterocycles. The molecule has 140 valence electrons. The maximum absolute atomic E-state index is 13.1. The molecule has 0 saturated carbocycles. The van der Waals surface area contributed by atoms with Crippen molar-refractivity contribution >= 4 is 20.9 Å². The summed E-state index contributed by atoms with van der Waals surface area (Å²) in [5.74, 6) is -0.106. The van der Waals surface area contributed by atoms with Crippen LogP contribution in [-0.2, 0) is 23.1 Å². The highest BCUT2D eigenvalue weighted by Crippen LogP contribution is 2.35. The maximum Gasteiger partial charge on any atom is 0.416 e. The van der Waals surface area contributed by atoms with Crippen molar-refractivity contribution in [3.05, 3.63) is 41.6 Å². The third-order valence-electron chi connectivity index (χ3n) is 4.11. The number of aryl methyl sites for hydroxylation is 1. The summed E-state index contributed by atoms with van der Waals surface area (Å²) >= 11 is 0. The molecule has 0 bridgehead atoms. The molecule has 0 atom stereocenters. The van der Waals surface area contributed by atoms with Crippen LogP contribution >= 0.6 is 0 Å². The van der Waals surface area contributed by atoms with E-state index in [4.69, 9.17) is 0 Å². The standard InChI is InChI=1S/C17H13F3N4O2S/c1-3-27(25,26)13-5-4-6-22-14(13)16-23-12-8-11(17(18,19)20)7-10(9-21)15(12)24(16)2/h4-8H,3H2,1-2H3. The molecule has 6 nitrogen and oxygen atoms in total. The van der Waals surface area contributed by atoms with Crippen LogP contribution in [0.1, 0.15) is 18.1 Å². The molecule has 0 unspecified atom stereocenters. The number of imidazole rings is 1. The maximum atomic E-state index is 13.1. The van der Waals surface area contributed by atoms with Gasteiger partial charge in [-0.15, -0.1) is 0 Å². The molecule has 0 saturated heterocycles. The van der Waals surface area contributed by atoms with Gasteiger partial charge in [-0.05, 0) is 24.3 Å². The van der Waals surface area contributed by atoms with Crippen LogP contribution in [-0.4, -0.2) is 28.7 Å². The van der Waals surface area contributed by atoms with E-state index in [1.165, 1.54) is 36.9 Å². The molecule has 27 heavy (non-hydrogen) atoms. The fraction of sp³-hybridized carbons (Fsp3) is 0.235. The van der Waals surface area contributed by atoms with Crippen molar-refractivity contribution < 1.29 is 21.6 Å². The zero-order chi connectivity index (χ0) is 20.0. The molecule has 0 radical (unpaired) electrons. The number of aromatic nitrogens is 3. The number of nitrogens with zero attached hydrogens (tertiary/aromatic N) is 4. The molecule has 2 heterocycles. The van der Waals surface area contributed by atoms with Crippen molar-refractivity contribution in [3.63, 3.8) is 0 Å². The Kier molecular flexibility index (Phi) is 4.43. The van der Waals surface area contributed by atoms with E-state index < -0.39 is 21.6 Å². The van der Waals surface area contributed by atoms with Gasteiger partial charge in [-0.2, -0.15) is 18.4 Å². The second kappa shape index (κ2) is 6.35. The lowest BCUT2D eigenvalue weighted by Crippen LogP contribution is -2.08. The molecule has 0 aliphatic heterocycles. The number of pyridine rings is 1. The van der Waals surface area contributed by atoms with Gasteiger partial charge in [0, 0.05) is 13.2 Å². The normalized spacial score (nSPS) is 12.3. The van der Waals surface area contributed by atoms with E-state index in [9.17, 15) is 26.9 Å². The summed E-state index contributed by atoms with van der Waals surface area (Å²) in [6, 6.07) is 6.14. The number of fused-ring (bicyclic) bond motifs is 1. The van der Waals surface area contributed by atoms with Crippen molar-refractivity contribution in [2.24, 2.45) is 7.05 Å². The first-order valence-electron chi connectivity index (χ1n) is 7.76. The van der Waals surface area contributed by atoms with Gasteiger partial charge >= 0.3 is 6.18 Å². The minimum Gasteiger partial charge on any atom is -0.325 e. The molecule has 0 amide bonds. The Hall–Kier alpha value is -2.93. The van der Waals surface area contributed by atoms with E-state index >= 15 is 0 Å². The van der Waals surface area contributed by atoms with Crippen LogP contribution in [0, 0.1) is 11.3 Å². The molecule has 0 spiro atoms. The van der Waals surface area contributed by atoms with Gasteiger partial charge in [0.1, 0.15) is 11.8 Å². The van der Waals surface area contributed by atoms with Crippen LogP contribution in [0.15, 0.2) is 35.4 Å². The third-order valence-corrected chi connectivity index (χ3v) is 5.87. The van der Waals surface area contributed by atoms with Crippen LogP contribution in [0.25, 0.3) is 22.6 Å². The quantitative estimate of drug-likeness (QED) is 0.680. The highest BCUT2D eigenvalue weighted by molar-refractivity contribution is 7.91. The zero-order valence-electron chi connectivity index (χ0n) is 14.2. The second-order valence-electron chi connectivity index (χ2n) is 5.75. The minimum atomic E-state index is -4.64. The largest absolute Gasteiger partial charge is 0.416 e. The topological polar surface area (TPSA) is 88.6 Å². The monoisotopic (exact) mass is 394 g/mol. The lowest BCUT2D eigenvalue weighted by atomic mass is 10.1. The van der Waals surface area contributed by atoms with E-state index in [2.05, 4.69) is 9.97 Å². The Labute approximate surface area is 152 Å². The second-order valence-corrected chi connectivity index (χ2v) is 8.00. The van der Waals surface area contributed by atoms with E-state index in [0.717, 1.165) is 12.1 Å². The Morgan fingerprint density at radius 2 is 2.00 bits per heavy atom. The smallest absolute Gasteiger partial charge is 0.325 e. The summed E-state index contributed by atoms with van der Waals surface area (Å²) in [6.07, 6.45) is -3.27. The number of benzene rings is 1. The number of sulfone groups is 1. The predicted molar refractivity (Wildman–Crippen MR) is 91.4 cm³/mol. The molecule has 1 aromatic carbocycles. The first-order chi connectivity index (χ1) is 12.6. The highest BCUT2D eigenvalue weighted by Gasteiger charge is 2.33. The third kappa shape index (κ3) is 3.14. The van der Waals surface area contributed by atoms with Gasteiger partial charge in [0.15, 0.2) is 15.7 Å². The SMILES string of the molecule is CCS(=O)(=O)c1cccnc1-c1nc2cc(C(F)(F)F)cc(C#N)c2n1C. The molecular weight excluding hydrogens is 381 g/mol. The predicted octanol–water partition coefficient (Wildman–Crippen LogP) is 3.32. The minimum absolute atomic E-state index is 0.0236. The number of nitriles is 1. The van der Waals surface area contributed by atoms with Crippen LogP contribution < -0.4 is 0 Å². The number of rotatable bonds is 3. The summed E-state index contributed by atoms with van der Waals surface area (Å²) < 4.78 is 65.4. The van der Waals surface area contributed by atoms with Gasteiger partial charge in [0.05, 0.1) is 32.8 Å². The summed E-state index contributed by atoms with van der Waals surface area (Å²) in [4.78, 5) is 8.17. The van der Waals surface area contributed by atoms with Gasteiger partial charge in [-0.3, -0.25) is 4.98 Å². The Morgan fingerprint density at radius 1 is 1.30 bits per heavy atom. The fourth-order valence-electron chi connectivity index (χ4n) is 2.78. The van der Waals surface area contributed by atoms with E-state index in [0.29, 0.717) is 0 Å². The molecule has 0 N–H and O–H groups in total. The van der Waals surface area contributed by atoms with Crippen molar-refractivity contribution in [3.8, 4) is 17.6 Å². The Bertz CT molecular complexity index is 1190. The van der Waals surface area contributed by atoms with Crippen LogP contribution in [0.4, 0.5) is 13.2 Å². The van der Waals surface area contributed by atoms with Gasteiger partial charge in [0.2, 0.25) is 0 Å². The van der Waals surface area contributed by atoms with E-state index in [1.807, 2.05) is 0 Å². The van der Waals surface area contributed by atoms with Gasteiger partial charge < -0.3 is 4.57 Å². The summed E-state index contributed by atoms with van der Waals surface area (Å²) in [7, 11) is -2.14. The van der Waals surface area contributed by atoms with E-state index in [-0.39, 0.29) is 38.8 Å². The van der Waals surface area contributed by atoms with Gasteiger partial charge in [0.25, 0.3) is 0 Å². The first kappa shape index (κ1) is 18.8. The van der Waals surface area contributed by atoms with Crippen molar-refractivity contribution in [2.75, 3.05) is 5.75 Å². The number of halogens is 3. The molecule has 3 rings (SSSR count). The summed E-state index contributed by atoms with van der Waals surface area (Å²) in [6.45, 7) is 1.48. The first-order valence-corrected chi connectivity index (χ1v) is 9.41. The molecule has 0 aliphatic carbocycles. The molecule has 10 heteroatoms. The molecule has 3 aromatic rings. The van der Waals surface area contributed by atoms with Crippen molar-refractivity contribution in [2.45, 2.75) is 18.0 Å². The average molecular weight is 394 g/mol. The van der Waals surface area contributed by atoms with Crippen LogP contribution in [0.3, 0.4) is 0 Å². The number of alkyl halides is 3. The van der Waals surface area contributed by atoms with Gasteiger partial charge in [-0.1, -0.05) is 6.92 Å². The summed E-state index contributed by atoms with van der Waals surface area (Å²) in [5.41, 5.74) is -1.08. The van der Waals surface area contributed by atoms with Crippen molar-refractivity contribution in [1.29, 1.82) is 5.26 Å². The zero-order valence-corrected chi connectivity index (χ0v) is 15.1. The Balaban J connectivity index is 2.37. The fourth-order valence-corrected chi connectivity index (χ4v) is 3.81. The summed E-state index contributed by atoms with van der Waals surface area (Å²) in [5, 5.41) is 9.28. The van der Waals surface area contributed by atoms with Crippen LogP contribution in [0.2, 0.25) is 0 Å². The van der Waals surface area contributed by atoms with Gasteiger partial charge in [-0.25, -0.2) is 13.4 Å². The van der Waals surface area contributed by atoms with Crippen molar-refractivity contribution in [1.82, 2.24) is 14.5 Å².